The number of hydrogen-bond donors (Lipinski definition) is 1. The molecule has 7 heteroatoms. The lowest BCUT2D eigenvalue weighted by molar-refractivity contribution is -0.133. The van der Waals surface area contributed by atoms with Gasteiger partial charge in [0.25, 0.3) is 0 Å². The number of alkyl halides is 2. The Morgan fingerprint density at radius 1 is 1.24 bits per heavy atom. The van der Waals surface area contributed by atoms with Gasteiger partial charge in [-0.15, -0.1) is 0 Å². The maximum Gasteiger partial charge on any atom is 0.387 e. The normalized spacial score (nSPS) is 16.0. The van der Waals surface area contributed by atoms with E-state index in [1.54, 1.807) is 13.0 Å². The zero-order valence-electron chi connectivity index (χ0n) is 11.4. The van der Waals surface area contributed by atoms with Crippen molar-refractivity contribution in [3.8, 4) is 11.5 Å². The lowest BCUT2D eigenvalue weighted by Crippen LogP contribution is -2.37. The Morgan fingerprint density at radius 3 is 2.48 bits per heavy atom. The number of carbonyl (C=O) groups excluding carboxylic acids is 2. The van der Waals surface area contributed by atoms with Gasteiger partial charge in [0.15, 0.2) is 11.5 Å². The highest BCUT2D eigenvalue weighted by Gasteiger charge is 2.27. The Hall–Kier alpha value is -2.18. The van der Waals surface area contributed by atoms with Gasteiger partial charge in [-0.25, -0.2) is 0 Å². The molecule has 0 unspecified atom stereocenters. The summed E-state index contributed by atoms with van der Waals surface area (Å²) in [6, 6.07) is 4.47. The van der Waals surface area contributed by atoms with Crippen molar-refractivity contribution in [2.45, 2.75) is 32.3 Å². The zero-order valence-corrected chi connectivity index (χ0v) is 11.4. The molecule has 0 atom stereocenters. The average molecular weight is 299 g/mol. The van der Waals surface area contributed by atoms with Gasteiger partial charge in [0.05, 0.1) is 6.61 Å². The summed E-state index contributed by atoms with van der Waals surface area (Å²) in [6.07, 6.45) is 0.346. The molecule has 1 saturated heterocycles. The van der Waals surface area contributed by atoms with E-state index in [2.05, 4.69) is 10.1 Å². The number of hydrogen-bond acceptors (Lipinski definition) is 4. The lowest BCUT2D eigenvalue weighted by atomic mass is 9.89. The predicted octanol–water partition coefficient (Wildman–Crippen LogP) is 2.21. The monoisotopic (exact) mass is 299 g/mol. The first-order valence-corrected chi connectivity index (χ1v) is 6.53. The second-order valence-electron chi connectivity index (χ2n) is 4.59. The van der Waals surface area contributed by atoms with Crippen LogP contribution in [-0.2, 0) is 9.59 Å². The molecule has 1 aliphatic heterocycles. The summed E-state index contributed by atoms with van der Waals surface area (Å²) in [6.45, 7) is -0.944. The van der Waals surface area contributed by atoms with Gasteiger partial charge < -0.3 is 9.47 Å². The minimum absolute atomic E-state index is 0.0674. The average Bonchev–Trinajstić information content (AvgIpc) is 2.39. The van der Waals surface area contributed by atoms with Crippen LogP contribution >= 0.6 is 0 Å². The summed E-state index contributed by atoms with van der Waals surface area (Å²) in [4.78, 5) is 22.8. The molecule has 1 heterocycles. The first-order chi connectivity index (χ1) is 9.99. The van der Waals surface area contributed by atoms with E-state index >= 15 is 0 Å². The third-order valence-electron chi connectivity index (χ3n) is 3.10. The third-order valence-corrected chi connectivity index (χ3v) is 3.10. The zero-order chi connectivity index (χ0) is 15.4. The van der Waals surface area contributed by atoms with E-state index in [1.165, 1.54) is 12.1 Å². The lowest BCUT2D eigenvalue weighted by Gasteiger charge is -2.22. The minimum atomic E-state index is -2.95. The van der Waals surface area contributed by atoms with Gasteiger partial charge in [0.1, 0.15) is 0 Å². The van der Waals surface area contributed by atoms with Gasteiger partial charge in [-0.2, -0.15) is 8.78 Å². The molecule has 0 bridgehead atoms. The van der Waals surface area contributed by atoms with Gasteiger partial charge >= 0.3 is 6.61 Å². The number of carbonyl (C=O) groups is 2. The summed E-state index contributed by atoms with van der Waals surface area (Å²) < 4.78 is 34.3. The summed E-state index contributed by atoms with van der Waals surface area (Å²) >= 11 is 0. The van der Waals surface area contributed by atoms with Gasteiger partial charge in [-0.3, -0.25) is 14.9 Å². The molecule has 0 aliphatic carbocycles. The van der Waals surface area contributed by atoms with Crippen molar-refractivity contribution < 1.29 is 27.8 Å². The van der Waals surface area contributed by atoms with E-state index in [0.29, 0.717) is 5.56 Å². The molecule has 21 heavy (non-hydrogen) atoms. The minimum Gasteiger partial charge on any atom is -0.490 e. The maximum atomic E-state index is 12.3. The molecule has 1 fully saturated rings. The maximum absolute atomic E-state index is 12.3. The van der Waals surface area contributed by atoms with Crippen LogP contribution in [0.15, 0.2) is 18.2 Å². The van der Waals surface area contributed by atoms with Crippen LogP contribution in [0.2, 0.25) is 0 Å². The molecular weight excluding hydrogens is 284 g/mol. The molecule has 114 valence electrons. The van der Waals surface area contributed by atoms with Crippen molar-refractivity contribution in [3.05, 3.63) is 23.8 Å². The van der Waals surface area contributed by atoms with E-state index in [-0.39, 0.29) is 48.7 Å². The molecule has 1 aromatic carbocycles. The SMILES string of the molecule is CCOc1cc(C2CC(=O)NC(=O)C2)ccc1OC(F)F. The molecule has 2 rings (SSSR count). The molecule has 0 aromatic heterocycles. The quantitative estimate of drug-likeness (QED) is 0.847. The molecule has 5 nitrogen and oxygen atoms in total. The van der Waals surface area contributed by atoms with Crippen LogP contribution < -0.4 is 14.8 Å². The first kappa shape index (κ1) is 15.2. The fourth-order valence-corrected chi connectivity index (χ4v) is 2.25. The van der Waals surface area contributed by atoms with Gasteiger partial charge in [0.2, 0.25) is 11.8 Å². The topological polar surface area (TPSA) is 64.6 Å². The van der Waals surface area contributed by atoms with Gasteiger partial charge in [-0.05, 0) is 24.6 Å². The molecule has 0 spiro atoms. The molecular formula is C14H15F2NO4. The Labute approximate surface area is 120 Å². The van der Waals surface area contributed by atoms with Crippen molar-refractivity contribution >= 4 is 11.8 Å². The second kappa shape index (κ2) is 6.51. The van der Waals surface area contributed by atoms with Crippen molar-refractivity contribution in [1.82, 2.24) is 5.32 Å². The highest BCUT2D eigenvalue weighted by molar-refractivity contribution is 5.98. The molecule has 2 amide bonds. The predicted molar refractivity (Wildman–Crippen MR) is 69.4 cm³/mol. The molecule has 1 aliphatic rings. The van der Waals surface area contributed by atoms with Crippen LogP contribution in [0.4, 0.5) is 8.78 Å². The Kier molecular flexibility index (Phi) is 4.72. The van der Waals surface area contributed by atoms with Gasteiger partial charge in [-0.1, -0.05) is 6.07 Å². The fourth-order valence-electron chi connectivity index (χ4n) is 2.25. The van der Waals surface area contributed by atoms with Crippen LogP contribution in [0.5, 0.6) is 11.5 Å². The highest BCUT2D eigenvalue weighted by atomic mass is 19.3. The standard InChI is InChI=1S/C14H15F2NO4/c1-2-20-11-5-8(3-4-10(11)21-14(15)16)9-6-12(18)17-13(19)7-9/h3-5,9,14H,2,6-7H2,1H3,(H,17,18,19). The Morgan fingerprint density at radius 2 is 1.90 bits per heavy atom. The number of amides is 2. The smallest absolute Gasteiger partial charge is 0.387 e. The summed E-state index contributed by atoms with van der Waals surface area (Å²) in [7, 11) is 0. The van der Waals surface area contributed by atoms with Crippen LogP contribution in [0, 0.1) is 0 Å². The van der Waals surface area contributed by atoms with E-state index < -0.39 is 6.61 Å². The number of halogens is 2. The number of imide groups is 1. The second-order valence-corrected chi connectivity index (χ2v) is 4.59. The van der Waals surface area contributed by atoms with E-state index in [9.17, 15) is 18.4 Å². The van der Waals surface area contributed by atoms with Gasteiger partial charge in [0, 0.05) is 18.8 Å². The molecule has 0 radical (unpaired) electrons. The van der Waals surface area contributed by atoms with Crippen molar-refractivity contribution in [3.63, 3.8) is 0 Å². The summed E-state index contributed by atoms with van der Waals surface area (Å²) in [5.41, 5.74) is 0.684. The third kappa shape index (κ3) is 3.90. The van der Waals surface area contributed by atoms with E-state index in [4.69, 9.17) is 4.74 Å². The Bertz CT molecular complexity index is 532. The van der Waals surface area contributed by atoms with Crippen LogP contribution in [0.1, 0.15) is 31.2 Å². The molecule has 1 N–H and O–H groups in total. The fraction of sp³-hybridized carbons (Fsp3) is 0.429. The molecule has 0 saturated carbocycles. The number of nitrogens with one attached hydrogen (secondary N) is 1. The van der Waals surface area contributed by atoms with Crippen LogP contribution in [0.3, 0.4) is 0 Å². The van der Waals surface area contributed by atoms with Crippen molar-refractivity contribution in [2.75, 3.05) is 6.61 Å². The van der Waals surface area contributed by atoms with Crippen LogP contribution in [-0.4, -0.2) is 25.0 Å². The van der Waals surface area contributed by atoms with Crippen molar-refractivity contribution in [2.24, 2.45) is 0 Å². The number of rotatable bonds is 5. The number of ether oxygens (including phenoxy) is 2. The number of benzene rings is 1. The largest absolute Gasteiger partial charge is 0.490 e. The summed E-state index contributed by atoms with van der Waals surface area (Å²) in [5.74, 6) is -0.869. The van der Waals surface area contributed by atoms with E-state index in [0.717, 1.165) is 0 Å². The summed E-state index contributed by atoms with van der Waals surface area (Å²) in [5, 5.41) is 2.22. The highest BCUT2D eigenvalue weighted by Crippen LogP contribution is 2.35. The molecule has 1 aromatic rings. The van der Waals surface area contributed by atoms with Crippen LogP contribution in [0.25, 0.3) is 0 Å². The van der Waals surface area contributed by atoms with E-state index in [1.807, 2.05) is 0 Å². The Balaban J connectivity index is 2.26. The van der Waals surface area contributed by atoms with Crippen molar-refractivity contribution in [1.29, 1.82) is 0 Å². The number of piperidine rings is 1. The first-order valence-electron chi connectivity index (χ1n) is 6.53.